The van der Waals surface area contributed by atoms with Crippen LogP contribution >= 0.6 is 11.6 Å². The number of ether oxygens (including phenoxy) is 2. The first-order valence-corrected chi connectivity index (χ1v) is 8.67. The summed E-state index contributed by atoms with van der Waals surface area (Å²) in [6, 6.07) is 17.6. The fourth-order valence-electron chi connectivity index (χ4n) is 2.52. The number of hydrogen-bond donors (Lipinski definition) is 0. The smallest absolute Gasteiger partial charge is 0.344 e. The number of benzene rings is 2. The summed E-state index contributed by atoms with van der Waals surface area (Å²) in [5.74, 6) is -0.270. The van der Waals surface area contributed by atoms with E-state index in [0.29, 0.717) is 17.3 Å². The minimum atomic E-state index is -0.463. The average Bonchev–Trinajstić information content (AvgIpc) is 2.98. The second-order valence-corrected chi connectivity index (χ2v) is 6.05. The second kappa shape index (κ2) is 8.06. The molecule has 5 nitrogen and oxygen atoms in total. The van der Waals surface area contributed by atoms with Crippen LogP contribution in [0.25, 0.3) is 16.9 Å². The van der Waals surface area contributed by atoms with Gasteiger partial charge in [0.1, 0.15) is 5.02 Å². The van der Waals surface area contributed by atoms with Gasteiger partial charge in [-0.1, -0.05) is 59.6 Å². The lowest BCUT2D eigenvalue weighted by molar-refractivity contribution is -0.145. The maximum absolute atomic E-state index is 11.6. The van der Waals surface area contributed by atoms with Crippen molar-refractivity contribution < 1.29 is 14.3 Å². The highest BCUT2D eigenvalue weighted by Crippen LogP contribution is 2.37. The Morgan fingerprint density at radius 1 is 1.12 bits per heavy atom. The summed E-state index contributed by atoms with van der Waals surface area (Å²) < 4.78 is 12.1. The molecule has 0 radical (unpaired) electrons. The first-order chi connectivity index (χ1) is 12.6. The molecule has 0 saturated heterocycles. The molecule has 1 heterocycles. The summed E-state index contributed by atoms with van der Waals surface area (Å²) in [7, 11) is 0. The zero-order valence-corrected chi connectivity index (χ0v) is 15.4. The zero-order valence-electron chi connectivity index (χ0n) is 14.6. The summed E-state index contributed by atoms with van der Waals surface area (Å²) in [6.07, 6.45) is 0. The fourth-order valence-corrected chi connectivity index (χ4v) is 2.80. The molecule has 0 atom stereocenters. The van der Waals surface area contributed by atoms with Crippen LogP contribution in [0.3, 0.4) is 0 Å². The summed E-state index contributed by atoms with van der Waals surface area (Å²) >= 11 is 6.55. The first-order valence-electron chi connectivity index (χ1n) is 8.29. The third-order valence-corrected chi connectivity index (χ3v) is 4.10. The minimum absolute atomic E-state index is 0.194. The number of rotatable bonds is 6. The summed E-state index contributed by atoms with van der Waals surface area (Å²) in [4.78, 5) is 11.6. The molecule has 134 valence electrons. The highest BCUT2D eigenvalue weighted by molar-refractivity contribution is 6.34. The van der Waals surface area contributed by atoms with Crippen molar-refractivity contribution in [3.8, 4) is 22.8 Å². The van der Waals surface area contributed by atoms with E-state index in [9.17, 15) is 4.79 Å². The van der Waals surface area contributed by atoms with E-state index in [1.54, 1.807) is 11.6 Å². The summed E-state index contributed by atoms with van der Waals surface area (Å²) in [5, 5.41) is 4.81. The molecular weight excluding hydrogens is 352 g/mol. The lowest BCUT2D eigenvalue weighted by Crippen LogP contribution is -2.15. The van der Waals surface area contributed by atoms with Gasteiger partial charge < -0.3 is 9.47 Å². The predicted molar refractivity (Wildman–Crippen MR) is 101 cm³/mol. The molecule has 0 fully saturated rings. The van der Waals surface area contributed by atoms with Crippen molar-refractivity contribution in [1.29, 1.82) is 0 Å². The van der Waals surface area contributed by atoms with Crippen molar-refractivity contribution in [2.24, 2.45) is 0 Å². The Labute approximate surface area is 157 Å². The highest BCUT2D eigenvalue weighted by atomic mass is 35.5. The van der Waals surface area contributed by atoms with Crippen LogP contribution < -0.4 is 4.74 Å². The predicted octanol–water partition coefficient (Wildman–Crippen LogP) is 4.44. The molecule has 1 aromatic heterocycles. The molecule has 0 aliphatic carbocycles. The Hall–Kier alpha value is -2.79. The van der Waals surface area contributed by atoms with Gasteiger partial charge in [0, 0.05) is 5.56 Å². The van der Waals surface area contributed by atoms with Crippen LogP contribution in [0.15, 0.2) is 54.6 Å². The molecule has 26 heavy (non-hydrogen) atoms. The minimum Gasteiger partial charge on any atom is -0.464 e. The quantitative estimate of drug-likeness (QED) is 0.602. The number of halogens is 1. The van der Waals surface area contributed by atoms with Crippen molar-refractivity contribution in [3.05, 3.63) is 65.2 Å². The maximum atomic E-state index is 11.6. The largest absolute Gasteiger partial charge is 0.464 e. The van der Waals surface area contributed by atoms with Crippen LogP contribution in [0.4, 0.5) is 0 Å². The lowest BCUT2D eigenvalue weighted by atomic mass is 10.1. The molecule has 0 saturated carbocycles. The monoisotopic (exact) mass is 370 g/mol. The SMILES string of the molecule is CCOC(=O)COc1nn(-c2ccccc2)c(-c2ccc(C)cc2)c1Cl. The normalized spacial score (nSPS) is 10.6. The number of aryl methyl sites for hydroxylation is 1. The van der Waals surface area contributed by atoms with Crippen molar-refractivity contribution >= 4 is 17.6 Å². The average molecular weight is 371 g/mol. The van der Waals surface area contributed by atoms with E-state index in [1.165, 1.54) is 0 Å². The Bertz CT molecular complexity index is 889. The van der Waals surface area contributed by atoms with Gasteiger partial charge in [0.15, 0.2) is 6.61 Å². The van der Waals surface area contributed by atoms with Gasteiger partial charge in [0.05, 0.1) is 18.0 Å². The molecule has 0 spiro atoms. The zero-order chi connectivity index (χ0) is 18.5. The van der Waals surface area contributed by atoms with Gasteiger partial charge >= 0.3 is 5.97 Å². The number of esters is 1. The third kappa shape index (κ3) is 3.89. The van der Waals surface area contributed by atoms with Crippen molar-refractivity contribution in [2.75, 3.05) is 13.2 Å². The van der Waals surface area contributed by atoms with E-state index >= 15 is 0 Å². The second-order valence-electron chi connectivity index (χ2n) is 5.67. The first kappa shape index (κ1) is 18.0. The summed E-state index contributed by atoms with van der Waals surface area (Å²) in [6.45, 7) is 3.81. The van der Waals surface area contributed by atoms with Gasteiger partial charge in [0.2, 0.25) is 0 Å². The highest BCUT2D eigenvalue weighted by Gasteiger charge is 2.21. The van der Waals surface area contributed by atoms with Crippen LogP contribution in [0.1, 0.15) is 12.5 Å². The van der Waals surface area contributed by atoms with Gasteiger partial charge in [0.25, 0.3) is 5.88 Å². The summed E-state index contributed by atoms with van der Waals surface area (Å²) in [5.41, 5.74) is 3.60. The molecule has 0 amide bonds. The van der Waals surface area contributed by atoms with Gasteiger partial charge in [-0.15, -0.1) is 5.10 Å². The molecule has 0 unspecified atom stereocenters. The molecule has 3 aromatic rings. The third-order valence-electron chi connectivity index (χ3n) is 3.76. The van der Waals surface area contributed by atoms with Crippen molar-refractivity contribution in [1.82, 2.24) is 9.78 Å². The van der Waals surface area contributed by atoms with E-state index in [2.05, 4.69) is 5.10 Å². The van der Waals surface area contributed by atoms with E-state index < -0.39 is 5.97 Å². The number of carbonyl (C=O) groups is 1. The van der Waals surface area contributed by atoms with Crippen molar-refractivity contribution in [3.63, 3.8) is 0 Å². The van der Waals surface area contributed by atoms with E-state index in [0.717, 1.165) is 16.8 Å². The van der Waals surface area contributed by atoms with Gasteiger partial charge in [-0.05, 0) is 26.0 Å². The van der Waals surface area contributed by atoms with Crippen LogP contribution in [-0.4, -0.2) is 29.0 Å². The van der Waals surface area contributed by atoms with E-state index in [1.807, 2.05) is 61.5 Å². The van der Waals surface area contributed by atoms with Crippen LogP contribution in [0.2, 0.25) is 5.02 Å². The van der Waals surface area contributed by atoms with E-state index in [-0.39, 0.29) is 12.5 Å². The molecular formula is C20H19ClN2O3. The van der Waals surface area contributed by atoms with Gasteiger partial charge in [-0.2, -0.15) is 0 Å². The van der Waals surface area contributed by atoms with Crippen molar-refractivity contribution in [2.45, 2.75) is 13.8 Å². The Balaban J connectivity index is 2.03. The number of carbonyl (C=O) groups excluding carboxylic acids is 1. The van der Waals surface area contributed by atoms with E-state index in [4.69, 9.17) is 21.1 Å². The lowest BCUT2D eigenvalue weighted by Gasteiger charge is -2.08. The molecule has 6 heteroatoms. The molecule has 0 bridgehead atoms. The standard InChI is InChI=1S/C20H19ClN2O3/c1-3-25-17(24)13-26-20-18(21)19(15-11-9-14(2)10-12-15)23(22-20)16-7-5-4-6-8-16/h4-12H,3,13H2,1-2H3. The number of hydrogen-bond acceptors (Lipinski definition) is 4. The maximum Gasteiger partial charge on any atom is 0.344 e. The van der Waals surface area contributed by atoms with Crippen LogP contribution in [-0.2, 0) is 9.53 Å². The number of para-hydroxylation sites is 1. The number of aromatic nitrogens is 2. The molecule has 3 rings (SSSR count). The Morgan fingerprint density at radius 2 is 1.81 bits per heavy atom. The van der Waals surface area contributed by atoms with Crippen LogP contribution in [0, 0.1) is 6.92 Å². The topological polar surface area (TPSA) is 53.4 Å². The van der Waals surface area contributed by atoms with Gasteiger partial charge in [-0.3, -0.25) is 0 Å². The molecule has 2 aromatic carbocycles. The van der Waals surface area contributed by atoms with Crippen LogP contribution in [0.5, 0.6) is 5.88 Å². The Morgan fingerprint density at radius 3 is 2.46 bits per heavy atom. The van der Waals surface area contributed by atoms with Gasteiger partial charge in [-0.25, -0.2) is 9.48 Å². The molecule has 0 N–H and O–H groups in total. The molecule has 0 aliphatic heterocycles. The fraction of sp³-hybridized carbons (Fsp3) is 0.200. The molecule has 0 aliphatic rings. The number of nitrogens with zero attached hydrogens (tertiary/aromatic N) is 2. The Kier molecular flexibility index (Phi) is 5.58.